The molecular formula is C12H26N2O2. The van der Waals surface area contributed by atoms with E-state index in [1.54, 1.807) is 7.11 Å². The molecule has 1 fully saturated rings. The predicted molar refractivity (Wildman–Crippen MR) is 65.6 cm³/mol. The number of ether oxygens (including phenoxy) is 1. The molecule has 0 aromatic heterocycles. The summed E-state index contributed by atoms with van der Waals surface area (Å²) in [5.74, 6) is 0. The van der Waals surface area contributed by atoms with Crippen LogP contribution in [0.4, 0.5) is 0 Å². The Morgan fingerprint density at radius 2 is 2.31 bits per heavy atom. The minimum atomic E-state index is -0.266. The highest BCUT2D eigenvalue weighted by molar-refractivity contribution is 4.76. The average molecular weight is 230 g/mol. The summed E-state index contributed by atoms with van der Waals surface area (Å²) in [5, 5.41) is 13.1. The molecule has 1 aliphatic heterocycles. The van der Waals surface area contributed by atoms with Gasteiger partial charge in [0, 0.05) is 32.8 Å². The molecule has 2 unspecified atom stereocenters. The Morgan fingerprint density at radius 1 is 1.50 bits per heavy atom. The Hall–Kier alpha value is -0.160. The molecule has 96 valence electrons. The van der Waals surface area contributed by atoms with Gasteiger partial charge in [-0.2, -0.15) is 0 Å². The number of likely N-dealkylation sites (tertiary alicyclic amines) is 1. The van der Waals surface area contributed by atoms with E-state index < -0.39 is 0 Å². The van der Waals surface area contributed by atoms with Crippen LogP contribution in [0.2, 0.25) is 0 Å². The molecule has 1 aliphatic rings. The zero-order valence-corrected chi connectivity index (χ0v) is 10.6. The molecule has 0 radical (unpaired) electrons. The number of aliphatic hydroxyl groups excluding tert-OH is 1. The van der Waals surface area contributed by atoms with E-state index in [0.717, 1.165) is 19.6 Å². The molecular weight excluding hydrogens is 204 g/mol. The second-order valence-corrected chi connectivity index (χ2v) is 4.69. The van der Waals surface area contributed by atoms with Crippen LogP contribution in [0, 0.1) is 0 Å². The first-order valence-electron chi connectivity index (χ1n) is 6.35. The molecule has 0 saturated carbocycles. The Morgan fingerprint density at radius 3 is 3.00 bits per heavy atom. The van der Waals surface area contributed by atoms with Crippen molar-refractivity contribution in [1.29, 1.82) is 0 Å². The molecule has 1 rings (SSSR count). The van der Waals surface area contributed by atoms with Gasteiger partial charge in [0.25, 0.3) is 0 Å². The second kappa shape index (κ2) is 8.01. The van der Waals surface area contributed by atoms with Crippen molar-refractivity contribution in [3.05, 3.63) is 0 Å². The van der Waals surface area contributed by atoms with E-state index >= 15 is 0 Å². The molecule has 0 bridgehead atoms. The first kappa shape index (κ1) is 13.9. The maximum Gasteiger partial charge on any atom is 0.0791 e. The first-order valence-corrected chi connectivity index (χ1v) is 6.35. The average Bonchev–Trinajstić information content (AvgIpc) is 2.28. The van der Waals surface area contributed by atoms with Crippen molar-refractivity contribution in [2.45, 2.75) is 38.3 Å². The first-order chi connectivity index (χ1) is 7.74. The molecule has 0 aromatic rings. The van der Waals surface area contributed by atoms with Crippen LogP contribution in [-0.4, -0.2) is 62.0 Å². The molecule has 2 atom stereocenters. The molecule has 0 spiro atoms. The van der Waals surface area contributed by atoms with Crippen LogP contribution in [0.5, 0.6) is 0 Å². The van der Waals surface area contributed by atoms with Gasteiger partial charge in [-0.25, -0.2) is 0 Å². The zero-order chi connectivity index (χ0) is 11.8. The van der Waals surface area contributed by atoms with E-state index in [1.807, 2.05) is 0 Å². The Labute approximate surface area is 99.0 Å². The summed E-state index contributed by atoms with van der Waals surface area (Å²) in [7, 11) is 1.69. The van der Waals surface area contributed by atoms with Crippen LogP contribution in [0.3, 0.4) is 0 Å². The van der Waals surface area contributed by atoms with E-state index in [-0.39, 0.29) is 6.10 Å². The van der Waals surface area contributed by atoms with Gasteiger partial charge in [0.05, 0.1) is 12.7 Å². The minimum absolute atomic E-state index is 0.266. The smallest absolute Gasteiger partial charge is 0.0791 e. The van der Waals surface area contributed by atoms with Crippen molar-refractivity contribution in [3.63, 3.8) is 0 Å². The lowest BCUT2D eigenvalue weighted by atomic mass is 10.0. The Kier molecular flexibility index (Phi) is 6.96. The minimum Gasteiger partial charge on any atom is -0.390 e. The molecule has 16 heavy (non-hydrogen) atoms. The molecule has 0 aliphatic carbocycles. The van der Waals surface area contributed by atoms with Crippen molar-refractivity contribution < 1.29 is 9.84 Å². The third-order valence-corrected chi connectivity index (χ3v) is 3.25. The maximum absolute atomic E-state index is 9.87. The lowest BCUT2D eigenvalue weighted by molar-refractivity contribution is 0.0719. The van der Waals surface area contributed by atoms with E-state index in [1.165, 1.54) is 19.3 Å². The zero-order valence-electron chi connectivity index (χ0n) is 10.6. The summed E-state index contributed by atoms with van der Waals surface area (Å²) in [6.07, 6.45) is 3.61. The van der Waals surface area contributed by atoms with Gasteiger partial charge in [-0.15, -0.1) is 0 Å². The van der Waals surface area contributed by atoms with Gasteiger partial charge in [-0.05, 0) is 26.3 Å². The van der Waals surface area contributed by atoms with Crippen molar-refractivity contribution in [2.24, 2.45) is 0 Å². The predicted octanol–water partition coefficient (Wildman–Crippen LogP) is 0.458. The highest BCUT2D eigenvalue weighted by Crippen LogP contribution is 2.16. The highest BCUT2D eigenvalue weighted by Gasteiger charge is 2.20. The number of β-amino-alcohol motifs (C(OH)–C–C–N with tert-alkyl or cyclic N) is 1. The van der Waals surface area contributed by atoms with Crippen LogP contribution in [-0.2, 0) is 4.74 Å². The highest BCUT2D eigenvalue weighted by atomic mass is 16.5. The third-order valence-electron chi connectivity index (χ3n) is 3.25. The molecule has 0 amide bonds. The van der Waals surface area contributed by atoms with E-state index in [4.69, 9.17) is 4.74 Å². The van der Waals surface area contributed by atoms with Crippen molar-refractivity contribution in [2.75, 3.05) is 39.9 Å². The van der Waals surface area contributed by atoms with E-state index in [9.17, 15) is 5.11 Å². The van der Waals surface area contributed by atoms with Gasteiger partial charge in [0.1, 0.15) is 0 Å². The molecule has 4 heteroatoms. The standard InChI is InChI=1S/C12H26N2O2/c1-11-5-3-4-7-14(11)10-12(15)9-13-6-8-16-2/h11-13,15H,3-10H2,1-2H3. The van der Waals surface area contributed by atoms with Crippen molar-refractivity contribution >= 4 is 0 Å². The number of rotatable bonds is 7. The van der Waals surface area contributed by atoms with Gasteiger partial charge in [0.2, 0.25) is 0 Å². The van der Waals surface area contributed by atoms with Crippen LogP contribution in [0.15, 0.2) is 0 Å². The summed E-state index contributed by atoms with van der Waals surface area (Å²) in [6, 6.07) is 0.627. The van der Waals surface area contributed by atoms with Crippen molar-refractivity contribution in [3.8, 4) is 0 Å². The Bertz CT molecular complexity index is 178. The van der Waals surface area contributed by atoms with Crippen LogP contribution < -0.4 is 5.32 Å². The molecule has 1 heterocycles. The molecule has 0 aromatic carbocycles. The fourth-order valence-corrected chi connectivity index (χ4v) is 2.21. The van der Waals surface area contributed by atoms with Crippen LogP contribution in [0.1, 0.15) is 26.2 Å². The van der Waals surface area contributed by atoms with Crippen LogP contribution in [0.25, 0.3) is 0 Å². The fraction of sp³-hybridized carbons (Fsp3) is 1.00. The van der Waals surface area contributed by atoms with Gasteiger partial charge < -0.3 is 15.2 Å². The fourth-order valence-electron chi connectivity index (χ4n) is 2.21. The summed E-state index contributed by atoms with van der Waals surface area (Å²) < 4.78 is 4.94. The quantitative estimate of drug-likeness (QED) is 0.624. The summed E-state index contributed by atoms with van der Waals surface area (Å²) >= 11 is 0. The second-order valence-electron chi connectivity index (χ2n) is 4.69. The number of aliphatic hydroxyl groups is 1. The van der Waals surface area contributed by atoms with E-state index in [2.05, 4.69) is 17.1 Å². The Balaban J connectivity index is 2.09. The lowest BCUT2D eigenvalue weighted by Gasteiger charge is -2.34. The SMILES string of the molecule is COCCNCC(O)CN1CCCCC1C. The van der Waals surface area contributed by atoms with Crippen LogP contribution >= 0.6 is 0 Å². The lowest BCUT2D eigenvalue weighted by Crippen LogP contribution is -2.45. The number of nitrogens with one attached hydrogen (secondary N) is 1. The van der Waals surface area contributed by atoms with E-state index in [0.29, 0.717) is 19.2 Å². The topological polar surface area (TPSA) is 44.7 Å². The monoisotopic (exact) mass is 230 g/mol. The number of methoxy groups -OCH3 is 1. The summed E-state index contributed by atoms with van der Waals surface area (Å²) in [6.45, 7) is 6.35. The van der Waals surface area contributed by atoms with Gasteiger partial charge in [-0.1, -0.05) is 6.42 Å². The van der Waals surface area contributed by atoms with Gasteiger partial charge in [0.15, 0.2) is 0 Å². The number of hydrogen-bond donors (Lipinski definition) is 2. The normalized spacial score (nSPS) is 24.6. The van der Waals surface area contributed by atoms with Gasteiger partial charge >= 0.3 is 0 Å². The molecule has 4 nitrogen and oxygen atoms in total. The number of hydrogen-bond acceptors (Lipinski definition) is 4. The number of nitrogens with zero attached hydrogens (tertiary/aromatic N) is 1. The molecule has 2 N–H and O–H groups in total. The van der Waals surface area contributed by atoms with Crippen molar-refractivity contribution in [1.82, 2.24) is 10.2 Å². The maximum atomic E-state index is 9.87. The third kappa shape index (κ3) is 5.25. The number of piperidine rings is 1. The largest absolute Gasteiger partial charge is 0.390 e. The summed E-state index contributed by atoms with van der Waals surface area (Å²) in [5.41, 5.74) is 0. The van der Waals surface area contributed by atoms with Gasteiger partial charge in [-0.3, -0.25) is 4.90 Å². The molecule has 1 saturated heterocycles. The summed E-state index contributed by atoms with van der Waals surface area (Å²) in [4.78, 5) is 2.40.